The molecular weight excluding hydrogens is 342 g/mol. The van der Waals surface area contributed by atoms with Crippen LogP contribution in [-0.2, 0) is 4.79 Å². The summed E-state index contributed by atoms with van der Waals surface area (Å²) in [6.07, 6.45) is 1.34. The number of aromatic hydroxyl groups is 1. The van der Waals surface area contributed by atoms with E-state index in [1.54, 1.807) is 19.1 Å². The molecule has 0 aliphatic rings. The molecule has 0 aliphatic heterocycles. The Labute approximate surface area is 151 Å². The molecule has 2 aromatic carbocycles. The van der Waals surface area contributed by atoms with Gasteiger partial charge >= 0.3 is 0 Å². The number of anilines is 1. The summed E-state index contributed by atoms with van der Waals surface area (Å²) in [7, 11) is 0. The van der Waals surface area contributed by atoms with E-state index in [9.17, 15) is 9.90 Å². The summed E-state index contributed by atoms with van der Waals surface area (Å²) >= 11 is 5.85. The maximum absolute atomic E-state index is 12.1. The second kappa shape index (κ2) is 8.94. The van der Waals surface area contributed by atoms with E-state index in [0.717, 1.165) is 11.4 Å². The SMILES string of the molecule is CCOc1ccc(N[C@@H](C)C(=O)N/N=C\c2cc(Cl)ccc2O)cc1. The first-order chi connectivity index (χ1) is 12.0. The van der Waals surface area contributed by atoms with Crippen LogP contribution in [0.3, 0.4) is 0 Å². The van der Waals surface area contributed by atoms with Crippen molar-refractivity contribution < 1.29 is 14.6 Å². The number of ether oxygens (including phenoxy) is 1. The number of benzene rings is 2. The fourth-order valence-corrected chi connectivity index (χ4v) is 2.20. The minimum Gasteiger partial charge on any atom is -0.507 e. The first-order valence-corrected chi connectivity index (χ1v) is 8.18. The van der Waals surface area contributed by atoms with E-state index in [1.807, 2.05) is 31.2 Å². The highest BCUT2D eigenvalue weighted by Crippen LogP contribution is 2.19. The molecule has 0 aliphatic carbocycles. The Hall–Kier alpha value is -2.73. The van der Waals surface area contributed by atoms with Crippen molar-refractivity contribution in [1.29, 1.82) is 0 Å². The summed E-state index contributed by atoms with van der Waals surface area (Å²) in [5.41, 5.74) is 3.63. The Morgan fingerprint density at radius 3 is 2.72 bits per heavy atom. The Kier molecular flexibility index (Phi) is 6.65. The molecule has 0 saturated carbocycles. The van der Waals surface area contributed by atoms with Gasteiger partial charge in [0.25, 0.3) is 5.91 Å². The van der Waals surface area contributed by atoms with Crippen molar-refractivity contribution in [2.24, 2.45) is 5.10 Å². The molecular formula is C18H20ClN3O3. The third kappa shape index (κ3) is 5.69. The van der Waals surface area contributed by atoms with Crippen LogP contribution in [0.5, 0.6) is 11.5 Å². The van der Waals surface area contributed by atoms with Gasteiger partial charge in [-0.3, -0.25) is 4.79 Å². The fourth-order valence-electron chi connectivity index (χ4n) is 2.02. The van der Waals surface area contributed by atoms with Gasteiger partial charge in [-0.05, 0) is 56.3 Å². The largest absolute Gasteiger partial charge is 0.507 e. The number of phenolic OH excluding ortho intramolecular Hbond substituents is 1. The number of rotatable bonds is 7. The van der Waals surface area contributed by atoms with Crippen LogP contribution in [0.4, 0.5) is 5.69 Å². The highest BCUT2D eigenvalue weighted by molar-refractivity contribution is 6.30. The monoisotopic (exact) mass is 361 g/mol. The van der Waals surface area contributed by atoms with Crippen molar-refractivity contribution in [1.82, 2.24) is 5.43 Å². The number of carbonyl (C=O) groups excluding carboxylic acids is 1. The molecule has 0 radical (unpaired) electrons. The van der Waals surface area contributed by atoms with E-state index in [-0.39, 0.29) is 11.7 Å². The quantitative estimate of drug-likeness (QED) is 0.521. The number of carbonyl (C=O) groups is 1. The average molecular weight is 362 g/mol. The van der Waals surface area contributed by atoms with Gasteiger partial charge < -0.3 is 15.2 Å². The van der Waals surface area contributed by atoms with Gasteiger partial charge in [-0.1, -0.05) is 11.6 Å². The topological polar surface area (TPSA) is 83.0 Å². The van der Waals surface area contributed by atoms with Crippen LogP contribution in [0.25, 0.3) is 0 Å². The molecule has 2 aromatic rings. The van der Waals surface area contributed by atoms with E-state index in [0.29, 0.717) is 17.2 Å². The van der Waals surface area contributed by atoms with Gasteiger partial charge in [-0.25, -0.2) is 5.43 Å². The summed E-state index contributed by atoms with van der Waals surface area (Å²) in [5.74, 6) is 0.491. The lowest BCUT2D eigenvalue weighted by molar-refractivity contribution is -0.121. The molecule has 1 atom stereocenters. The van der Waals surface area contributed by atoms with Crippen molar-refractivity contribution in [3.05, 3.63) is 53.1 Å². The highest BCUT2D eigenvalue weighted by atomic mass is 35.5. The number of halogens is 1. The van der Waals surface area contributed by atoms with Crippen LogP contribution in [0, 0.1) is 0 Å². The van der Waals surface area contributed by atoms with E-state index in [2.05, 4.69) is 15.8 Å². The molecule has 2 rings (SSSR count). The number of amides is 1. The van der Waals surface area contributed by atoms with Crippen molar-refractivity contribution in [2.45, 2.75) is 19.9 Å². The molecule has 1 amide bonds. The van der Waals surface area contributed by atoms with Gasteiger partial charge in [0.05, 0.1) is 12.8 Å². The van der Waals surface area contributed by atoms with Gasteiger partial charge in [-0.2, -0.15) is 5.10 Å². The molecule has 0 aromatic heterocycles. The molecule has 0 bridgehead atoms. The molecule has 0 heterocycles. The first kappa shape index (κ1) is 18.6. The molecule has 25 heavy (non-hydrogen) atoms. The van der Waals surface area contributed by atoms with Gasteiger partial charge in [0.2, 0.25) is 0 Å². The molecule has 132 valence electrons. The Bertz CT molecular complexity index is 748. The van der Waals surface area contributed by atoms with E-state index in [1.165, 1.54) is 12.3 Å². The summed E-state index contributed by atoms with van der Waals surface area (Å²) in [6.45, 7) is 4.24. The molecule has 3 N–H and O–H groups in total. The molecule has 0 saturated heterocycles. The van der Waals surface area contributed by atoms with Gasteiger partial charge in [0.15, 0.2) is 0 Å². The molecule has 0 spiro atoms. The summed E-state index contributed by atoms with van der Waals surface area (Å²) in [6, 6.07) is 11.4. The number of hydrogen-bond donors (Lipinski definition) is 3. The summed E-state index contributed by atoms with van der Waals surface area (Å²) < 4.78 is 5.37. The molecule has 6 nitrogen and oxygen atoms in total. The van der Waals surface area contributed by atoms with Crippen molar-refractivity contribution >= 4 is 29.4 Å². The van der Waals surface area contributed by atoms with Crippen molar-refractivity contribution in [3.63, 3.8) is 0 Å². The highest BCUT2D eigenvalue weighted by Gasteiger charge is 2.11. The third-order valence-corrected chi connectivity index (χ3v) is 3.54. The van der Waals surface area contributed by atoms with Crippen LogP contribution >= 0.6 is 11.6 Å². The first-order valence-electron chi connectivity index (χ1n) is 7.80. The zero-order valence-electron chi connectivity index (χ0n) is 14.0. The Balaban J connectivity index is 1.89. The number of hydrogen-bond acceptors (Lipinski definition) is 5. The minimum atomic E-state index is -0.497. The summed E-state index contributed by atoms with van der Waals surface area (Å²) in [4.78, 5) is 12.1. The van der Waals surface area contributed by atoms with Crippen LogP contribution in [-0.4, -0.2) is 29.9 Å². The predicted octanol–water partition coefficient (Wildman–Crippen LogP) is 3.40. The molecule has 7 heteroatoms. The number of hydrazone groups is 1. The predicted molar refractivity (Wildman–Crippen MR) is 99.5 cm³/mol. The standard InChI is InChI=1S/C18H20ClN3O3/c1-3-25-16-7-5-15(6-8-16)21-12(2)18(24)22-20-11-13-10-14(19)4-9-17(13)23/h4-12,21,23H,3H2,1-2H3,(H,22,24)/b20-11-/t12-/m0/s1. The van der Waals surface area contributed by atoms with Crippen molar-refractivity contribution in [3.8, 4) is 11.5 Å². The lowest BCUT2D eigenvalue weighted by Gasteiger charge is -2.14. The third-order valence-electron chi connectivity index (χ3n) is 3.31. The maximum atomic E-state index is 12.1. The zero-order chi connectivity index (χ0) is 18.2. The second-order valence-electron chi connectivity index (χ2n) is 5.26. The Morgan fingerprint density at radius 1 is 1.32 bits per heavy atom. The smallest absolute Gasteiger partial charge is 0.262 e. The van der Waals surface area contributed by atoms with Crippen LogP contribution in [0.15, 0.2) is 47.6 Å². The number of phenols is 1. The normalized spacial score (nSPS) is 12.0. The lowest BCUT2D eigenvalue weighted by Crippen LogP contribution is -2.34. The van der Waals surface area contributed by atoms with E-state index in [4.69, 9.17) is 16.3 Å². The Morgan fingerprint density at radius 2 is 2.04 bits per heavy atom. The zero-order valence-corrected chi connectivity index (χ0v) is 14.7. The fraction of sp³-hybridized carbons (Fsp3) is 0.222. The van der Waals surface area contributed by atoms with Crippen molar-refractivity contribution in [2.75, 3.05) is 11.9 Å². The number of nitrogens with one attached hydrogen (secondary N) is 2. The maximum Gasteiger partial charge on any atom is 0.262 e. The molecule has 0 fully saturated rings. The minimum absolute atomic E-state index is 0.0305. The van der Waals surface area contributed by atoms with Gasteiger partial charge in [0, 0.05) is 16.3 Å². The number of nitrogens with zero attached hydrogens (tertiary/aromatic N) is 1. The van der Waals surface area contributed by atoms with Crippen LogP contribution < -0.4 is 15.5 Å². The average Bonchev–Trinajstić information content (AvgIpc) is 2.59. The van der Waals surface area contributed by atoms with Gasteiger partial charge in [-0.15, -0.1) is 0 Å². The van der Waals surface area contributed by atoms with Crippen LogP contribution in [0.2, 0.25) is 5.02 Å². The second-order valence-corrected chi connectivity index (χ2v) is 5.70. The van der Waals surface area contributed by atoms with Gasteiger partial charge in [0.1, 0.15) is 17.5 Å². The van der Waals surface area contributed by atoms with E-state index >= 15 is 0 Å². The van der Waals surface area contributed by atoms with E-state index < -0.39 is 6.04 Å². The summed E-state index contributed by atoms with van der Waals surface area (Å²) in [5, 5.41) is 17.1. The van der Waals surface area contributed by atoms with Crippen LogP contribution in [0.1, 0.15) is 19.4 Å². The molecule has 0 unspecified atom stereocenters. The lowest BCUT2D eigenvalue weighted by atomic mass is 10.2.